The van der Waals surface area contributed by atoms with E-state index in [0.717, 1.165) is 12.3 Å². The molecular weight excluding hydrogens is 210 g/mol. The molecule has 1 atom stereocenters. The normalized spacial score (nSPS) is 13.0. The summed E-state index contributed by atoms with van der Waals surface area (Å²) in [6.45, 7) is 2.89. The molecule has 0 aliphatic heterocycles. The van der Waals surface area contributed by atoms with Gasteiger partial charge in [0.05, 0.1) is 7.11 Å². The van der Waals surface area contributed by atoms with Gasteiger partial charge in [-0.3, -0.25) is 0 Å². The highest BCUT2D eigenvalue weighted by Gasteiger charge is 2.02. The number of ether oxygens (including phenoxy) is 1. The molecule has 1 rings (SSSR count). The SMILES string of the molecule is COc1ccc([C@@H](C)NC/C=C/Cl)cc1. The molecule has 15 heavy (non-hydrogen) atoms. The van der Waals surface area contributed by atoms with Crippen LogP contribution in [0.25, 0.3) is 0 Å². The monoisotopic (exact) mass is 225 g/mol. The van der Waals surface area contributed by atoms with E-state index in [4.69, 9.17) is 16.3 Å². The number of hydrogen-bond donors (Lipinski definition) is 1. The molecule has 0 saturated heterocycles. The molecule has 0 amide bonds. The minimum absolute atomic E-state index is 0.309. The number of rotatable bonds is 5. The third kappa shape index (κ3) is 3.94. The van der Waals surface area contributed by atoms with E-state index < -0.39 is 0 Å². The first-order valence-electron chi connectivity index (χ1n) is 4.90. The minimum atomic E-state index is 0.309. The lowest BCUT2D eigenvalue weighted by Gasteiger charge is -2.13. The number of methoxy groups -OCH3 is 1. The molecule has 0 unspecified atom stereocenters. The maximum absolute atomic E-state index is 5.43. The van der Waals surface area contributed by atoms with Crippen LogP contribution in [0.15, 0.2) is 35.9 Å². The summed E-state index contributed by atoms with van der Waals surface area (Å²) in [5, 5.41) is 3.33. The lowest BCUT2D eigenvalue weighted by Crippen LogP contribution is -2.18. The Morgan fingerprint density at radius 2 is 2.07 bits per heavy atom. The second-order valence-corrected chi connectivity index (χ2v) is 3.52. The summed E-state index contributed by atoms with van der Waals surface area (Å²) in [6, 6.07) is 8.35. The lowest BCUT2D eigenvalue weighted by molar-refractivity contribution is 0.414. The molecule has 0 fully saturated rings. The molecule has 1 N–H and O–H groups in total. The molecule has 1 aromatic carbocycles. The van der Waals surface area contributed by atoms with Gasteiger partial charge in [0, 0.05) is 18.1 Å². The first kappa shape index (κ1) is 12.1. The summed E-state index contributed by atoms with van der Waals surface area (Å²) < 4.78 is 5.10. The summed E-state index contributed by atoms with van der Waals surface area (Å²) in [7, 11) is 1.67. The van der Waals surface area contributed by atoms with Crippen molar-refractivity contribution in [3.63, 3.8) is 0 Å². The van der Waals surface area contributed by atoms with E-state index in [1.165, 1.54) is 11.1 Å². The first-order valence-corrected chi connectivity index (χ1v) is 5.34. The van der Waals surface area contributed by atoms with Gasteiger partial charge in [0.25, 0.3) is 0 Å². The van der Waals surface area contributed by atoms with Crippen molar-refractivity contribution in [3.8, 4) is 5.75 Å². The van der Waals surface area contributed by atoms with Crippen LogP contribution < -0.4 is 10.1 Å². The van der Waals surface area contributed by atoms with Gasteiger partial charge < -0.3 is 10.1 Å². The Morgan fingerprint density at radius 3 is 2.60 bits per heavy atom. The fourth-order valence-electron chi connectivity index (χ4n) is 1.30. The summed E-state index contributed by atoms with van der Waals surface area (Å²) in [5.41, 5.74) is 2.76. The predicted molar refractivity (Wildman–Crippen MR) is 64.4 cm³/mol. The molecule has 0 spiro atoms. The van der Waals surface area contributed by atoms with E-state index in [9.17, 15) is 0 Å². The van der Waals surface area contributed by atoms with Gasteiger partial charge in [-0.2, -0.15) is 0 Å². The van der Waals surface area contributed by atoms with Crippen molar-refractivity contribution in [1.29, 1.82) is 0 Å². The molecule has 0 aliphatic carbocycles. The molecule has 0 saturated carbocycles. The number of benzene rings is 1. The first-order chi connectivity index (χ1) is 7.27. The third-order valence-corrected chi connectivity index (χ3v) is 2.42. The average Bonchev–Trinajstić information content (AvgIpc) is 2.29. The van der Waals surface area contributed by atoms with E-state index in [1.807, 2.05) is 18.2 Å². The smallest absolute Gasteiger partial charge is 0.118 e. The molecule has 1 aromatic rings. The number of halogens is 1. The standard InChI is InChI=1S/C12H16ClNO/c1-10(14-9-3-8-13)11-4-6-12(15-2)7-5-11/h3-8,10,14H,9H2,1-2H3/b8-3+/t10-/m1/s1. The molecule has 0 radical (unpaired) electrons. The highest BCUT2D eigenvalue weighted by molar-refractivity contribution is 6.25. The van der Waals surface area contributed by atoms with Crippen LogP contribution in [0.2, 0.25) is 0 Å². The fraction of sp³-hybridized carbons (Fsp3) is 0.333. The number of hydrogen-bond acceptors (Lipinski definition) is 2. The van der Waals surface area contributed by atoms with E-state index >= 15 is 0 Å². The van der Waals surface area contributed by atoms with Crippen molar-refractivity contribution in [2.45, 2.75) is 13.0 Å². The van der Waals surface area contributed by atoms with E-state index in [-0.39, 0.29) is 0 Å². The molecule has 0 aliphatic rings. The predicted octanol–water partition coefficient (Wildman–Crippen LogP) is 3.10. The van der Waals surface area contributed by atoms with E-state index in [2.05, 4.69) is 24.4 Å². The third-order valence-electron chi connectivity index (χ3n) is 2.25. The Morgan fingerprint density at radius 1 is 1.40 bits per heavy atom. The molecule has 0 bridgehead atoms. The lowest BCUT2D eigenvalue weighted by atomic mass is 10.1. The van der Waals surface area contributed by atoms with Gasteiger partial charge in [0.15, 0.2) is 0 Å². The van der Waals surface area contributed by atoms with Crippen LogP contribution in [0.5, 0.6) is 5.75 Å². The molecule has 82 valence electrons. The average molecular weight is 226 g/mol. The second-order valence-electron chi connectivity index (χ2n) is 3.26. The Hall–Kier alpha value is -0.990. The number of nitrogens with one attached hydrogen (secondary N) is 1. The van der Waals surface area contributed by atoms with Crippen molar-refractivity contribution in [2.24, 2.45) is 0 Å². The van der Waals surface area contributed by atoms with Crippen molar-refractivity contribution in [1.82, 2.24) is 5.32 Å². The molecular formula is C12H16ClNO. The van der Waals surface area contributed by atoms with Gasteiger partial charge in [-0.05, 0) is 24.6 Å². The van der Waals surface area contributed by atoms with Crippen LogP contribution in [0.4, 0.5) is 0 Å². The maximum atomic E-state index is 5.43. The van der Waals surface area contributed by atoms with Gasteiger partial charge in [0.1, 0.15) is 5.75 Å². The van der Waals surface area contributed by atoms with Crippen LogP contribution in [0.1, 0.15) is 18.5 Å². The summed E-state index contributed by atoms with van der Waals surface area (Å²) in [5.74, 6) is 0.881. The largest absolute Gasteiger partial charge is 0.497 e. The Kier molecular flexibility index (Phi) is 5.22. The maximum Gasteiger partial charge on any atom is 0.118 e. The highest BCUT2D eigenvalue weighted by atomic mass is 35.5. The summed E-state index contributed by atoms with van der Waals surface area (Å²) in [6.07, 6.45) is 1.88. The summed E-state index contributed by atoms with van der Waals surface area (Å²) in [4.78, 5) is 0. The molecule has 0 aromatic heterocycles. The van der Waals surface area contributed by atoms with Crippen LogP contribution >= 0.6 is 11.6 Å². The Balaban J connectivity index is 2.53. The van der Waals surface area contributed by atoms with Crippen molar-refractivity contribution >= 4 is 11.6 Å². The quantitative estimate of drug-likeness (QED) is 0.832. The van der Waals surface area contributed by atoms with E-state index in [0.29, 0.717) is 6.04 Å². The Bertz CT molecular complexity index is 308. The topological polar surface area (TPSA) is 21.3 Å². The second kappa shape index (κ2) is 6.49. The van der Waals surface area contributed by atoms with Crippen LogP contribution in [0, 0.1) is 0 Å². The summed E-state index contributed by atoms with van der Waals surface area (Å²) >= 11 is 5.43. The molecule has 3 heteroatoms. The van der Waals surface area contributed by atoms with E-state index in [1.54, 1.807) is 7.11 Å². The van der Waals surface area contributed by atoms with Crippen LogP contribution in [-0.2, 0) is 0 Å². The van der Waals surface area contributed by atoms with Gasteiger partial charge in [0.2, 0.25) is 0 Å². The van der Waals surface area contributed by atoms with Gasteiger partial charge in [-0.1, -0.05) is 29.8 Å². The van der Waals surface area contributed by atoms with Crippen molar-refractivity contribution in [3.05, 3.63) is 41.4 Å². The molecule has 0 heterocycles. The van der Waals surface area contributed by atoms with Gasteiger partial charge in [-0.25, -0.2) is 0 Å². The van der Waals surface area contributed by atoms with Gasteiger partial charge >= 0.3 is 0 Å². The zero-order chi connectivity index (χ0) is 11.1. The minimum Gasteiger partial charge on any atom is -0.497 e. The zero-order valence-electron chi connectivity index (χ0n) is 9.03. The van der Waals surface area contributed by atoms with Crippen LogP contribution in [-0.4, -0.2) is 13.7 Å². The van der Waals surface area contributed by atoms with Crippen molar-refractivity contribution in [2.75, 3.05) is 13.7 Å². The fourth-order valence-corrected chi connectivity index (χ4v) is 1.39. The molecule has 2 nitrogen and oxygen atoms in total. The highest BCUT2D eigenvalue weighted by Crippen LogP contribution is 2.16. The zero-order valence-corrected chi connectivity index (χ0v) is 9.79. The van der Waals surface area contributed by atoms with Crippen molar-refractivity contribution < 1.29 is 4.74 Å². The Labute approximate surface area is 95.9 Å². The van der Waals surface area contributed by atoms with Gasteiger partial charge in [-0.15, -0.1) is 0 Å². The van der Waals surface area contributed by atoms with Crippen LogP contribution in [0.3, 0.4) is 0 Å².